The van der Waals surface area contributed by atoms with E-state index < -0.39 is 0 Å². The van der Waals surface area contributed by atoms with E-state index in [2.05, 4.69) is 54.2 Å². The zero-order valence-electron chi connectivity index (χ0n) is 15.6. The predicted octanol–water partition coefficient (Wildman–Crippen LogP) is 3.69. The molecule has 0 saturated carbocycles. The Balaban J connectivity index is 2.14. The van der Waals surface area contributed by atoms with E-state index in [0.717, 1.165) is 61.9 Å². The Morgan fingerprint density at radius 3 is 2.68 bits per heavy atom. The lowest BCUT2D eigenvalue weighted by molar-refractivity contribution is 0.112. The molecule has 4 heteroatoms. The third-order valence-electron chi connectivity index (χ3n) is 5.36. The molecular weight excluding hydrogens is 310 g/mol. The molecule has 1 N–H and O–H groups in total. The molecule has 0 bridgehead atoms. The van der Waals surface area contributed by atoms with Crippen LogP contribution in [0.2, 0.25) is 0 Å². The molecular formula is C21H29N3O. The monoisotopic (exact) mass is 339 g/mol. The molecule has 0 aromatic heterocycles. The largest absolute Gasteiger partial charge is 0.371 e. The maximum Gasteiger partial charge on any atom is 0.150 e. The molecule has 1 heterocycles. The molecule has 1 aliphatic rings. The van der Waals surface area contributed by atoms with Gasteiger partial charge >= 0.3 is 0 Å². The average Bonchev–Trinajstić information content (AvgIpc) is 2.67. The van der Waals surface area contributed by atoms with Gasteiger partial charge in [-0.25, -0.2) is 0 Å². The Hall–Kier alpha value is -2.07. The highest BCUT2D eigenvalue weighted by Gasteiger charge is 2.19. The summed E-state index contributed by atoms with van der Waals surface area (Å²) in [5.41, 5.74) is 3.16. The van der Waals surface area contributed by atoms with Crippen LogP contribution in [0.4, 0.5) is 11.4 Å². The summed E-state index contributed by atoms with van der Waals surface area (Å²) in [6, 6.07) is 10.9. The van der Waals surface area contributed by atoms with Crippen LogP contribution in [-0.4, -0.2) is 45.6 Å². The van der Waals surface area contributed by atoms with Gasteiger partial charge in [0.25, 0.3) is 0 Å². The number of carbonyl (C=O) groups is 1. The number of carbonyl (C=O) groups excluding carboxylic acids is 1. The van der Waals surface area contributed by atoms with E-state index in [1.54, 1.807) is 0 Å². The number of hydrogen-bond donors (Lipinski definition) is 1. The van der Waals surface area contributed by atoms with Crippen molar-refractivity contribution in [1.82, 2.24) is 5.32 Å². The van der Waals surface area contributed by atoms with Crippen LogP contribution in [-0.2, 0) is 0 Å². The second-order valence-corrected chi connectivity index (χ2v) is 6.98. The smallest absolute Gasteiger partial charge is 0.150 e. The molecule has 3 rings (SSSR count). The topological polar surface area (TPSA) is 35.6 Å². The van der Waals surface area contributed by atoms with Gasteiger partial charge in [0.15, 0.2) is 6.29 Å². The van der Waals surface area contributed by atoms with Gasteiger partial charge in [-0.05, 0) is 25.5 Å². The molecule has 1 atom stereocenters. The highest BCUT2D eigenvalue weighted by atomic mass is 16.1. The van der Waals surface area contributed by atoms with Crippen LogP contribution in [0.3, 0.4) is 0 Å². The number of nitrogens with zero attached hydrogens (tertiary/aromatic N) is 2. The number of aldehydes is 1. The number of fused-ring (bicyclic) bond motifs is 1. The molecule has 4 nitrogen and oxygen atoms in total. The van der Waals surface area contributed by atoms with Crippen molar-refractivity contribution in [2.45, 2.75) is 32.7 Å². The highest BCUT2D eigenvalue weighted by Crippen LogP contribution is 2.37. The first-order valence-corrected chi connectivity index (χ1v) is 9.36. The third-order valence-corrected chi connectivity index (χ3v) is 5.36. The number of piperazine rings is 1. The molecule has 1 saturated heterocycles. The fraction of sp³-hybridized carbons (Fsp3) is 0.476. The molecule has 0 aliphatic carbocycles. The molecule has 2 aromatic carbocycles. The van der Waals surface area contributed by atoms with Crippen molar-refractivity contribution in [2.75, 3.05) is 43.0 Å². The number of nitrogens with one attached hydrogen (secondary N) is 1. The molecule has 0 radical (unpaired) electrons. The summed E-state index contributed by atoms with van der Waals surface area (Å²) in [5, 5.41) is 5.67. The fourth-order valence-corrected chi connectivity index (χ4v) is 3.82. The van der Waals surface area contributed by atoms with Crippen molar-refractivity contribution in [3.63, 3.8) is 0 Å². The molecule has 2 aromatic rings. The van der Waals surface area contributed by atoms with E-state index in [-0.39, 0.29) is 0 Å². The van der Waals surface area contributed by atoms with Gasteiger partial charge in [-0.2, -0.15) is 0 Å². The molecule has 1 aliphatic heterocycles. The molecule has 1 fully saturated rings. The van der Waals surface area contributed by atoms with E-state index in [1.807, 2.05) is 12.1 Å². The summed E-state index contributed by atoms with van der Waals surface area (Å²) in [4.78, 5) is 16.5. The van der Waals surface area contributed by atoms with Crippen molar-refractivity contribution < 1.29 is 4.79 Å². The summed E-state index contributed by atoms with van der Waals surface area (Å²) >= 11 is 0. The number of anilines is 2. The first-order valence-electron chi connectivity index (χ1n) is 9.36. The lowest BCUT2D eigenvalue weighted by Crippen LogP contribution is -2.43. The minimum absolute atomic E-state index is 0.443. The Labute approximate surface area is 150 Å². The predicted molar refractivity (Wildman–Crippen MR) is 107 cm³/mol. The summed E-state index contributed by atoms with van der Waals surface area (Å²) in [6.45, 7) is 8.48. The van der Waals surface area contributed by atoms with Crippen LogP contribution in [0.25, 0.3) is 10.8 Å². The van der Waals surface area contributed by atoms with E-state index in [1.165, 1.54) is 11.1 Å². The molecule has 0 spiro atoms. The maximum atomic E-state index is 11.7. The third kappa shape index (κ3) is 3.49. The van der Waals surface area contributed by atoms with E-state index >= 15 is 0 Å². The fourth-order valence-electron chi connectivity index (χ4n) is 3.82. The first kappa shape index (κ1) is 17.7. The summed E-state index contributed by atoms with van der Waals surface area (Å²) in [6.07, 6.45) is 3.29. The maximum absolute atomic E-state index is 11.7. The standard InChI is InChI=1S/C21H29N3O/c1-4-6-16(2)23(3)20-10-9-19(24-13-11-22-12-14-24)18-8-5-7-17(15-25)21(18)20/h5,7-10,15-16,22H,4,6,11-14H2,1-3H3. The zero-order chi connectivity index (χ0) is 17.8. The van der Waals surface area contributed by atoms with Crippen molar-refractivity contribution in [2.24, 2.45) is 0 Å². The second kappa shape index (κ2) is 7.87. The number of rotatable bonds is 6. The lowest BCUT2D eigenvalue weighted by atomic mass is 9.99. The molecule has 134 valence electrons. The Bertz CT molecular complexity index is 737. The van der Waals surface area contributed by atoms with Crippen LogP contribution in [0.1, 0.15) is 37.0 Å². The normalized spacial score (nSPS) is 16.0. The van der Waals surface area contributed by atoms with Crippen LogP contribution < -0.4 is 15.1 Å². The van der Waals surface area contributed by atoms with Gasteiger partial charge in [-0.15, -0.1) is 0 Å². The Morgan fingerprint density at radius 1 is 1.24 bits per heavy atom. The minimum Gasteiger partial charge on any atom is -0.371 e. The summed E-state index contributed by atoms with van der Waals surface area (Å²) in [7, 11) is 2.14. The van der Waals surface area contributed by atoms with Gasteiger partial charge < -0.3 is 15.1 Å². The van der Waals surface area contributed by atoms with E-state index in [9.17, 15) is 4.79 Å². The van der Waals surface area contributed by atoms with Gasteiger partial charge in [-0.1, -0.05) is 31.5 Å². The summed E-state index contributed by atoms with van der Waals surface area (Å²) < 4.78 is 0. The van der Waals surface area contributed by atoms with Gasteiger partial charge in [0.1, 0.15) is 0 Å². The Morgan fingerprint density at radius 2 is 2.00 bits per heavy atom. The number of benzene rings is 2. The zero-order valence-corrected chi connectivity index (χ0v) is 15.6. The van der Waals surface area contributed by atoms with Gasteiger partial charge in [0.2, 0.25) is 0 Å². The van der Waals surface area contributed by atoms with Crippen molar-refractivity contribution >= 4 is 28.4 Å². The van der Waals surface area contributed by atoms with E-state index in [4.69, 9.17) is 0 Å². The second-order valence-electron chi connectivity index (χ2n) is 6.98. The minimum atomic E-state index is 0.443. The average molecular weight is 339 g/mol. The first-order chi connectivity index (χ1) is 12.2. The lowest BCUT2D eigenvalue weighted by Gasteiger charge is -2.33. The summed E-state index contributed by atoms with van der Waals surface area (Å²) in [5.74, 6) is 0. The molecule has 25 heavy (non-hydrogen) atoms. The van der Waals surface area contributed by atoms with Crippen LogP contribution >= 0.6 is 0 Å². The van der Waals surface area contributed by atoms with Crippen LogP contribution in [0.5, 0.6) is 0 Å². The Kier molecular flexibility index (Phi) is 5.59. The highest BCUT2D eigenvalue weighted by molar-refractivity contribution is 6.10. The van der Waals surface area contributed by atoms with Crippen molar-refractivity contribution in [3.05, 3.63) is 35.9 Å². The van der Waals surface area contributed by atoms with Gasteiger partial charge in [-0.3, -0.25) is 4.79 Å². The van der Waals surface area contributed by atoms with Crippen molar-refractivity contribution in [3.8, 4) is 0 Å². The quantitative estimate of drug-likeness (QED) is 0.814. The van der Waals surface area contributed by atoms with Gasteiger partial charge in [0, 0.05) is 67.0 Å². The SMILES string of the molecule is CCCC(C)N(C)c1ccc(N2CCNCC2)c2cccc(C=O)c12. The number of hydrogen-bond acceptors (Lipinski definition) is 4. The molecule has 0 amide bonds. The van der Waals surface area contributed by atoms with Gasteiger partial charge in [0.05, 0.1) is 0 Å². The van der Waals surface area contributed by atoms with Crippen LogP contribution in [0, 0.1) is 0 Å². The molecule has 1 unspecified atom stereocenters. The van der Waals surface area contributed by atoms with Crippen molar-refractivity contribution in [1.29, 1.82) is 0 Å². The van der Waals surface area contributed by atoms with E-state index in [0.29, 0.717) is 6.04 Å². The van der Waals surface area contributed by atoms with Crippen LogP contribution in [0.15, 0.2) is 30.3 Å².